The van der Waals surface area contributed by atoms with Gasteiger partial charge in [-0.15, -0.1) is 0 Å². The Balaban J connectivity index is 1.70. The smallest absolute Gasteiger partial charge is 0.230 e. The number of rotatable bonds is 3. The molecule has 22 heavy (non-hydrogen) atoms. The molecule has 1 aromatic carbocycles. The van der Waals surface area contributed by atoms with Crippen molar-refractivity contribution >= 4 is 21.8 Å². The second kappa shape index (κ2) is 6.58. The topological polar surface area (TPSA) is 68.5 Å². The van der Waals surface area contributed by atoms with Crippen molar-refractivity contribution in [2.75, 3.05) is 19.7 Å². The number of hydrogen-bond donors (Lipinski definition) is 0. The molecule has 1 saturated heterocycles. The number of benzene rings is 1. The molecule has 0 saturated carbocycles. The zero-order valence-electron chi connectivity index (χ0n) is 12.1. The molecule has 1 amide bonds. The van der Waals surface area contributed by atoms with Crippen LogP contribution in [0.4, 0.5) is 0 Å². The fraction of sp³-hybridized carbons (Fsp3) is 0.400. The Kier molecular flexibility index (Phi) is 4.54. The van der Waals surface area contributed by atoms with Crippen molar-refractivity contribution in [1.82, 2.24) is 15.0 Å². The molecule has 2 unspecified atom stereocenters. The molecule has 0 bridgehead atoms. The Morgan fingerprint density at radius 3 is 2.86 bits per heavy atom. The van der Waals surface area contributed by atoms with Crippen molar-refractivity contribution in [1.29, 1.82) is 0 Å². The zero-order chi connectivity index (χ0) is 15.5. The summed E-state index contributed by atoms with van der Waals surface area (Å²) in [4.78, 5) is 18.5. The fourth-order valence-electron chi connectivity index (χ4n) is 2.49. The van der Waals surface area contributed by atoms with Crippen molar-refractivity contribution < 1.29 is 14.1 Å². The molecule has 3 rings (SSSR count). The Morgan fingerprint density at radius 1 is 1.41 bits per heavy atom. The predicted molar refractivity (Wildman–Crippen MR) is 82.1 cm³/mol. The summed E-state index contributed by atoms with van der Waals surface area (Å²) in [5, 5.41) is 3.79. The van der Waals surface area contributed by atoms with E-state index in [0.29, 0.717) is 25.5 Å². The Labute approximate surface area is 136 Å². The number of hydrogen-bond acceptors (Lipinski definition) is 5. The summed E-state index contributed by atoms with van der Waals surface area (Å²) in [6, 6.07) is 7.81. The molecule has 1 fully saturated rings. The molecule has 2 atom stereocenters. The molecule has 116 valence electrons. The van der Waals surface area contributed by atoms with E-state index in [2.05, 4.69) is 26.1 Å². The van der Waals surface area contributed by atoms with Gasteiger partial charge in [-0.25, -0.2) is 0 Å². The predicted octanol–water partition coefficient (Wildman–Crippen LogP) is 2.54. The normalized spacial score (nSPS) is 19.9. The SMILES string of the molecule is CC(C(=O)N1CCOC(c2ncon2)C1)c1ccc(Br)cc1. The molecule has 0 spiro atoms. The minimum absolute atomic E-state index is 0.0825. The lowest BCUT2D eigenvalue weighted by atomic mass is 9.99. The van der Waals surface area contributed by atoms with Gasteiger partial charge in [0.15, 0.2) is 0 Å². The van der Waals surface area contributed by atoms with Crippen LogP contribution >= 0.6 is 15.9 Å². The van der Waals surface area contributed by atoms with Crippen LogP contribution < -0.4 is 0 Å². The highest BCUT2D eigenvalue weighted by Gasteiger charge is 2.30. The van der Waals surface area contributed by atoms with E-state index in [-0.39, 0.29) is 17.9 Å². The van der Waals surface area contributed by atoms with Gasteiger partial charge in [0, 0.05) is 11.0 Å². The third-order valence-electron chi connectivity index (χ3n) is 3.78. The van der Waals surface area contributed by atoms with Crippen molar-refractivity contribution in [3.63, 3.8) is 0 Å². The van der Waals surface area contributed by atoms with Gasteiger partial charge in [0.2, 0.25) is 18.1 Å². The summed E-state index contributed by atoms with van der Waals surface area (Å²) in [6.07, 6.45) is 0.942. The first kappa shape index (κ1) is 15.2. The van der Waals surface area contributed by atoms with Crippen LogP contribution in [0.3, 0.4) is 0 Å². The number of morpholine rings is 1. The van der Waals surface area contributed by atoms with Gasteiger partial charge in [0.1, 0.15) is 6.10 Å². The highest BCUT2D eigenvalue weighted by Crippen LogP contribution is 2.24. The number of ether oxygens (including phenoxy) is 1. The molecule has 7 heteroatoms. The molecule has 0 radical (unpaired) electrons. The lowest BCUT2D eigenvalue weighted by molar-refractivity contribution is -0.140. The molecule has 2 aromatic rings. The Hall–Kier alpha value is -1.73. The number of halogens is 1. The second-order valence-electron chi connectivity index (χ2n) is 5.21. The highest BCUT2D eigenvalue weighted by molar-refractivity contribution is 9.10. The van der Waals surface area contributed by atoms with Gasteiger partial charge >= 0.3 is 0 Å². The van der Waals surface area contributed by atoms with E-state index in [9.17, 15) is 4.79 Å². The summed E-state index contributed by atoms with van der Waals surface area (Å²) in [6.45, 7) is 3.41. The van der Waals surface area contributed by atoms with Crippen molar-refractivity contribution in [3.05, 3.63) is 46.5 Å². The van der Waals surface area contributed by atoms with Gasteiger partial charge < -0.3 is 14.2 Å². The third-order valence-corrected chi connectivity index (χ3v) is 4.31. The monoisotopic (exact) mass is 365 g/mol. The van der Waals surface area contributed by atoms with E-state index in [0.717, 1.165) is 10.0 Å². The lowest BCUT2D eigenvalue weighted by Crippen LogP contribution is -2.44. The molecule has 0 N–H and O–H groups in total. The average Bonchev–Trinajstić information content (AvgIpc) is 3.09. The second-order valence-corrected chi connectivity index (χ2v) is 6.12. The molecule has 1 aromatic heterocycles. The van der Waals surface area contributed by atoms with Gasteiger partial charge in [0.05, 0.1) is 19.1 Å². The van der Waals surface area contributed by atoms with Crippen LogP contribution in [0.2, 0.25) is 0 Å². The van der Waals surface area contributed by atoms with E-state index in [1.54, 1.807) is 4.90 Å². The molecule has 6 nitrogen and oxygen atoms in total. The number of aromatic nitrogens is 2. The minimum Gasteiger partial charge on any atom is -0.366 e. The summed E-state index contributed by atoms with van der Waals surface area (Å²) < 4.78 is 11.4. The van der Waals surface area contributed by atoms with Crippen LogP contribution in [0, 0.1) is 0 Å². The Bertz CT molecular complexity index is 630. The first-order valence-electron chi connectivity index (χ1n) is 7.07. The van der Waals surface area contributed by atoms with Crippen LogP contribution in [0.25, 0.3) is 0 Å². The molecule has 2 heterocycles. The van der Waals surface area contributed by atoms with Crippen LogP contribution in [0.15, 0.2) is 39.7 Å². The maximum absolute atomic E-state index is 12.7. The summed E-state index contributed by atoms with van der Waals surface area (Å²) in [5.41, 5.74) is 0.996. The van der Waals surface area contributed by atoms with E-state index in [1.165, 1.54) is 6.39 Å². The summed E-state index contributed by atoms with van der Waals surface area (Å²) in [7, 11) is 0. The van der Waals surface area contributed by atoms with Crippen molar-refractivity contribution in [2.24, 2.45) is 0 Å². The number of amides is 1. The molecule has 1 aliphatic rings. The highest BCUT2D eigenvalue weighted by atomic mass is 79.9. The van der Waals surface area contributed by atoms with Crippen molar-refractivity contribution in [2.45, 2.75) is 18.9 Å². The molecular formula is C15H16BrN3O3. The van der Waals surface area contributed by atoms with Gasteiger partial charge in [0.25, 0.3) is 0 Å². The first-order chi connectivity index (χ1) is 10.6. The van der Waals surface area contributed by atoms with Gasteiger partial charge in [-0.2, -0.15) is 4.98 Å². The first-order valence-corrected chi connectivity index (χ1v) is 7.86. The van der Waals surface area contributed by atoms with Crippen LogP contribution in [-0.4, -0.2) is 40.6 Å². The Morgan fingerprint density at radius 2 is 2.18 bits per heavy atom. The maximum atomic E-state index is 12.7. The molecule has 0 aliphatic carbocycles. The lowest BCUT2D eigenvalue weighted by Gasteiger charge is -2.33. The largest absolute Gasteiger partial charge is 0.366 e. The minimum atomic E-state index is -0.325. The third kappa shape index (κ3) is 3.20. The van der Waals surface area contributed by atoms with E-state index in [4.69, 9.17) is 9.26 Å². The van der Waals surface area contributed by atoms with Gasteiger partial charge in [-0.05, 0) is 24.6 Å². The van der Waals surface area contributed by atoms with Crippen molar-refractivity contribution in [3.8, 4) is 0 Å². The molecule has 1 aliphatic heterocycles. The zero-order valence-corrected chi connectivity index (χ0v) is 13.7. The van der Waals surface area contributed by atoms with E-state index < -0.39 is 0 Å². The van der Waals surface area contributed by atoms with Crippen LogP contribution in [0.5, 0.6) is 0 Å². The number of carbonyl (C=O) groups excluding carboxylic acids is 1. The van der Waals surface area contributed by atoms with Gasteiger partial charge in [-0.3, -0.25) is 4.79 Å². The summed E-state index contributed by atoms with van der Waals surface area (Å²) in [5.74, 6) is 0.366. The van der Waals surface area contributed by atoms with E-state index in [1.807, 2.05) is 31.2 Å². The van der Waals surface area contributed by atoms with Gasteiger partial charge in [-0.1, -0.05) is 33.2 Å². The van der Waals surface area contributed by atoms with E-state index >= 15 is 0 Å². The fourth-order valence-corrected chi connectivity index (χ4v) is 2.76. The average molecular weight is 366 g/mol. The summed E-state index contributed by atoms with van der Waals surface area (Å²) >= 11 is 3.40. The number of carbonyl (C=O) groups is 1. The quantitative estimate of drug-likeness (QED) is 0.835. The van der Waals surface area contributed by atoms with Crippen LogP contribution in [-0.2, 0) is 9.53 Å². The number of nitrogens with zero attached hydrogens (tertiary/aromatic N) is 3. The maximum Gasteiger partial charge on any atom is 0.230 e. The standard InChI is InChI=1S/C15H16BrN3O3/c1-10(11-2-4-12(16)5-3-11)15(20)19-6-7-21-13(8-19)14-17-9-22-18-14/h2-5,9-10,13H,6-8H2,1H3. The molecular weight excluding hydrogens is 350 g/mol. The van der Waals surface area contributed by atoms with Crippen LogP contribution in [0.1, 0.15) is 30.3 Å².